The Hall–Kier alpha value is -2.56. The van der Waals surface area contributed by atoms with Gasteiger partial charge in [0.05, 0.1) is 14.2 Å². The van der Waals surface area contributed by atoms with E-state index >= 15 is 0 Å². The van der Waals surface area contributed by atoms with Crippen molar-refractivity contribution in [3.8, 4) is 11.5 Å². The van der Waals surface area contributed by atoms with Crippen LogP contribution in [0, 0.1) is 0 Å². The second-order valence-corrected chi connectivity index (χ2v) is 3.39. The van der Waals surface area contributed by atoms with Gasteiger partial charge in [-0.25, -0.2) is 9.59 Å². The van der Waals surface area contributed by atoms with Gasteiger partial charge in [0.15, 0.2) is 11.5 Å². The number of rotatable bonds is 5. The first-order chi connectivity index (χ1) is 9.10. The van der Waals surface area contributed by atoms with Gasteiger partial charge in [0.2, 0.25) is 0 Å². The molecule has 1 aromatic rings. The summed E-state index contributed by atoms with van der Waals surface area (Å²) in [5.74, 6) is -0.373. The average Bonchev–Trinajstić information content (AvgIpc) is 2.45. The molecule has 5 heteroatoms. The Morgan fingerprint density at radius 3 is 2.47 bits per heavy atom. The van der Waals surface area contributed by atoms with Gasteiger partial charge in [-0.1, -0.05) is 12.6 Å². The van der Waals surface area contributed by atoms with Crippen molar-refractivity contribution in [2.45, 2.75) is 0 Å². The first-order valence-electron chi connectivity index (χ1n) is 5.39. The lowest BCUT2D eigenvalue weighted by atomic mass is 10.2. The van der Waals surface area contributed by atoms with E-state index in [4.69, 9.17) is 9.47 Å². The fourth-order valence-electron chi connectivity index (χ4n) is 1.25. The van der Waals surface area contributed by atoms with E-state index in [1.165, 1.54) is 20.3 Å². The van der Waals surface area contributed by atoms with E-state index in [0.29, 0.717) is 11.3 Å². The largest absolute Gasteiger partial charge is 0.493 e. The summed E-state index contributed by atoms with van der Waals surface area (Å²) in [5.41, 5.74) is 0.709. The molecule has 0 saturated carbocycles. The number of esters is 2. The quantitative estimate of drug-likeness (QED) is 0.461. The normalized spacial score (nSPS) is 10.0. The van der Waals surface area contributed by atoms with Crippen LogP contribution in [0.5, 0.6) is 11.5 Å². The molecule has 0 saturated heterocycles. The molecular weight excluding hydrogens is 248 g/mol. The van der Waals surface area contributed by atoms with Crippen LogP contribution in [-0.2, 0) is 14.3 Å². The first kappa shape index (κ1) is 14.5. The molecule has 19 heavy (non-hydrogen) atoms. The summed E-state index contributed by atoms with van der Waals surface area (Å²) in [4.78, 5) is 22.1. The van der Waals surface area contributed by atoms with E-state index < -0.39 is 11.9 Å². The number of methoxy groups -OCH3 is 2. The molecule has 1 aromatic carbocycles. The molecule has 0 N–H and O–H groups in total. The summed E-state index contributed by atoms with van der Waals surface area (Å²) in [6.07, 6.45) is 3.90. The second kappa shape index (κ2) is 7.00. The highest BCUT2D eigenvalue weighted by Gasteiger charge is 2.08. The molecule has 0 aliphatic heterocycles. The summed E-state index contributed by atoms with van der Waals surface area (Å²) in [7, 11) is 2.75. The molecular formula is C14H14O5. The topological polar surface area (TPSA) is 61.8 Å². The minimum absolute atomic E-state index is 0.280. The average molecular weight is 262 g/mol. The van der Waals surface area contributed by atoms with Crippen molar-refractivity contribution in [1.29, 1.82) is 0 Å². The zero-order valence-electron chi connectivity index (χ0n) is 10.7. The summed E-state index contributed by atoms with van der Waals surface area (Å²) in [5, 5.41) is 0. The van der Waals surface area contributed by atoms with Crippen molar-refractivity contribution < 1.29 is 23.8 Å². The van der Waals surface area contributed by atoms with Gasteiger partial charge in [0.25, 0.3) is 0 Å². The number of hydrogen-bond acceptors (Lipinski definition) is 5. The molecule has 0 fully saturated rings. The third-order valence-electron chi connectivity index (χ3n) is 2.18. The van der Waals surface area contributed by atoms with Gasteiger partial charge in [-0.15, -0.1) is 0 Å². The SMILES string of the molecule is C=CC(=O)Oc1ccc(/C=C/C(=O)OC)cc1OC. The molecule has 0 bridgehead atoms. The Morgan fingerprint density at radius 2 is 1.89 bits per heavy atom. The predicted molar refractivity (Wildman–Crippen MR) is 69.9 cm³/mol. The van der Waals surface area contributed by atoms with Gasteiger partial charge in [0.1, 0.15) is 0 Å². The second-order valence-electron chi connectivity index (χ2n) is 3.39. The van der Waals surface area contributed by atoms with Crippen molar-refractivity contribution in [3.05, 3.63) is 42.5 Å². The van der Waals surface area contributed by atoms with E-state index in [9.17, 15) is 9.59 Å². The third-order valence-corrected chi connectivity index (χ3v) is 2.18. The maximum Gasteiger partial charge on any atom is 0.335 e. The maximum absolute atomic E-state index is 11.1. The summed E-state index contributed by atoms with van der Waals surface area (Å²) in [6.45, 7) is 3.31. The minimum Gasteiger partial charge on any atom is -0.493 e. The number of benzene rings is 1. The highest BCUT2D eigenvalue weighted by Crippen LogP contribution is 2.28. The van der Waals surface area contributed by atoms with Crippen LogP contribution in [0.3, 0.4) is 0 Å². The van der Waals surface area contributed by atoms with Crippen LogP contribution in [0.2, 0.25) is 0 Å². The lowest BCUT2D eigenvalue weighted by molar-refractivity contribution is -0.134. The molecule has 0 aliphatic carbocycles. The molecule has 0 unspecified atom stereocenters. The third kappa shape index (κ3) is 4.31. The predicted octanol–water partition coefficient (Wildman–Crippen LogP) is 1.97. The molecule has 1 rings (SSSR count). The van der Waals surface area contributed by atoms with Crippen LogP contribution < -0.4 is 9.47 Å². The monoisotopic (exact) mass is 262 g/mol. The Labute approximate surface area is 111 Å². The molecule has 0 atom stereocenters. The van der Waals surface area contributed by atoms with Crippen molar-refractivity contribution in [2.24, 2.45) is 0 Å². The smallest absolute Gasteiger partial charge is 0.335 e. The molecule has 0 amide bonds. The minimum atomic E-state index is -0.573. The Morgan fingerprint density at radius 1 is 1.16 bits per heavy atom. The number of carbonyl (C=O) groups is 2. The van der Waals surface area contributed by atoms with E-state index in [2.05, 4.69) is 11.3 Å². The van der Waals surface area contributed by atoms with Crippen LogP contribution in [0.15, 0.2) is 36.9 Å². The van der Waals surface area contributed by atoms with Gasteiger partial charge >= 0.3 is 11.9 Å². The van der Waals surface area contributed by atoms with Gasteiger partial charge in [0, 0.05) is 12.2 Å². The molecule has 0 aliphatic rings. The van der Waals surface area contributed by atoms with Crippen molar-refractivity contribution in [1.82, 2.24) is 0 Å². The van der Waals surface area contributed by atoms with Crippen molar-refractivity contribution in [2.75, 3.05) is 14.2 Å². The summed E-state index contributed by atoms with van der Waals surface area (Å²) < 4.78 is 14.6. The lowest BCUT2D eigenvalue weighted by Gasteiger charge is -2.08. The fraction of sp³-hybridized carbons (Fsp3) is 0.143. The van der Waals surface area contributed by atoms with E-state index in [1.807, 2.05) is 0 Å². The molecule has 100 valence electrons. The molecule has 0 spiro atoms. The maximum atomic E-state index is 11.1. The number of ether oxygens (including phenoxy) is 3. The zero-order valence-corrected chi connectivity index (χ0v) is 10.7. The Balaban J connectivity index is 2.95. The molecule has 0 radical (unpaired) electrons. The fourth-order valence-corrected chi connectivity index (χ4v) is 1.25. The number of carbonyl (C=O) groups excluding carboxylic acids is 2. The van der Waals surface area contributed by atoms with Gasteiger partial charge in [-0.3, -0.25) is 0 Å². The summed E-state index contributed by atoms with van der Waals surface area (Å²) in [6, 6.07) is 4.87. The van der Waals surface area contributed by atoms with Crippen LogP contribution >= 0.6 is 0 Å². The van der Waals surface area contributed by atoms with Crippen LogP contribution in [0.1, 0.15) is 5.56 Å². The van der Waals surface area contributed by atoms with E-state index in [0.717, 1.165) is 6.08 Å². The first-order valence-corrected chi connectivity index (χ1v) is 5.39. The lowest BCUT2D eigenvalue weighted by Crippen LogP contribution is -2.04. The molecule has 0 heterocycles. The highest BCUT2D eigenvalue weighted by atomic mass is 16.6. The van der Waals surface area contributed by atoms with Crippen LogP contribution in [-0.4, -0.2) is 26.2 Å². The van der Waals surface area contributed by atoms with Crippen molar-refractivity contribution >= 4 is 18.0 Å². The van der Waals surface area contributed by atoms with Gasteiger partial charge < -0.3 is 14.2 Å². The highest BCUT2D eigenvalue weighted by molar-refractivity contribution is 5.87. The molecule has 5 nitrogen and oxygen atoms in total. The standard InChI is InChI=1S/C14H14O5/c1-4-13(15)19-11-7-5-10(9-12(11)17-2)6-8-14(16)18-3/h4-9H,1H2,2-3H3/b8-6+. The van der Waals surface area contributed by atoms with Crippen molar-refractivity contribution in [3.63, 3.8) is 0 Å². The van der Waals surface area contributed by atoms with Crippen LogP contribution in [0.4, 0.5) is 0 Å². The zero-order chi connectivity index (χ0) is 14.3. The van der Waals surface area contributed by atoms with Gasteiger partial charge in [-0.2, -0.15) is 0 Å². The Kier molecular flexibility index (Phi) is 5.35. The van der Waals surface area contributed by atoms with Crippen LogP contribution in [0.25, 0.3) is 6.08 Å². The van der Waals surface area contributed by atoms with E-state index in [1.54, 1.807) is 24.3 Å². The summed E-state index contributed by atoms with van der Waals surface area (Å²) >= 11 is 0. The van der Waals surface area contributed by atoms with Gasteiger partial charge in [-0.05, 0) is 23.8 Å². The number of hydrogen-bond donors (Lipinski definition) is 0. The Bertz CT molecular complexity index is 517. The van der Waals surface area contributed by atoms with E-state index in [-0.39, 0.29) is 5.75 Å². The molecule has 0 aromatic heterocycles.